The van der Waals surface area contributed by atoms with Gasteiger partial charge in [-0.15, -0.1) is 0 Å². The van der Waals surface area contributed by atoms with Crippen LogP contribution >= 0.6 is 15.9 Å². The van der Waals surface area contributed by atoms with E-state index in [4.69, 9.17) is 0 Å². The molecule has 66 valence electrons. The minimum absolute atomic E-state index is 0.321. The first-order chi connectivity index (χ1) is 6.22. The number of aldehydes is 1. The lowest BCUT2D eigenvalue weighted by Crippen LogP contribution is -1.77. The molecule has 0 spiro atoms. The van der Waals surface area contributed by atoms with Gasteiger partial charge in [-0.2, -0.15) is 0 Å². The van der Waals surface area contributed by atoms with Gasteiger partial charge in [-0.3, -0.25) is 4.79 Å². The van der Waals surface area contributed by atoms with Crippen LogP contribution in [0.4, 0.5) is 4.39 Å². The molecule has 0 unspecified atom stereocenters. The van der Waals surface area contributed by atoms with Crippen LogP contribution in [0.25, 0.3) is 10.9 Å². The molecule has 2 rings (SSSR count). The number of H-pyrrole nitrogens is 1. The first-order valence-electron chi connectivity index (χ1n) is 3.64. The SMILES string of the molecule is O=Cc1c(Br)[nH]c2cc(F)ccc12. The molecule has 1 aromatic carbocycles. The summed E-state index contributed by atoms with van der Waals surface area (Å²) >= 11 is 3.19. The summed E-state index contributed by atoms with van der Waals surface area (Å²) in [5.41, 5.74) is 1.14. The van der Waals surface area contributed by atoms with Crippen molar-refractivity contribution in [2.75, 3.05) is 0 Å². The molecule has 0 aliphatic heterocycles. The molecule has 4 heteroatoms. The van der Waals surface area contributed by atoms with E-state index in [1.807, 2.05) is 0 Å². The molecule has 2 nitrogen and oxygen atoms in total. The fourth-order valence-corrected chi connectivity index (χ4v) is 1.79. The van der Waals surface area contributed by atoms with Gasteiger partial charge in [0, 0.05) is 10.9 Å². The number of aromatic nitrogens is 1. The van der Waals surface area contributed by atoms with Gasteiger partial charge < -0.3 is 4.98 Å². The number of nitrogens with one attached hydrogen (secondary N) is 1. The van der Waals surface area contributed by atoms with Crippen LogP contribution in [0, 0.1) is 5.82 Å². The quantitative estimate of drug-likeness (QED) is 0.766. The number of hydrogen-bond acceptors (Lipinski definition) is 1. The van der Waals surface area contributed by atoms with E-state index >= 15 is 0 Å². The monoisotopic (exact) mass is 241 g/mol. The Hall–Kier alpha value is -1.16. The zero-order chi connectivity index (χ0) is 9.42. The molecule has 2 aromatic rings. The van der Waals surface area contributed by atoms with E-state index in [1.54, 1.807) is 6.07 Å². The van der Waals surface area contributed by atoms with Crippen LogP contribution in [-0.2, 0) is 0 Å². The average Bonchev–Trinajstić information content (AvgIpc) is 2.39. The average molecular weight is 242 g/mol. The van der Waals surface area contributed by atoms with Crippen molar-refractivity contribution in [2.24, 2.45) is 0 Å². The summed E-state index contributed by atoms with van der Waals surface area (Å²) in [7, 11) is 0. The number of fused-ring (bicyclic) bond motifs is 1. The van der Waals surface area contributed by atoms with Crippen LogP contribution in [-0.4, -0.2) is 11.3 Å². The van der Waals surface area contributed by atoms with E-state index in [0.717, 1.165) is 11.7 Å². The van der Waals surface area contributed by atoms with Crippen molar-refractivity contribution in [2.45, 2.75) is 0 Å². The van der Waals surface area contributed by atoms with Gasteiger partial charge in [0.05, 0.1) is 10.2 Å². The Labute approximate surface area is 81.9 Å². The maximum Gasteiger partial charge on any atom is 0.153 e. The van der Waals surface area contributed by atoms with Gasteiger partial charge in [-0.1, -0.05) is 0 Å². The van der Waals surface area contributed by atoms with Crippen LogP contribution in [0.3, 0.4) is 0 Å². The lowest BCUT2D eigenvalue weighted by Gasteiger charge is -1.89. The number of hydrogen-bond donors (Lipinski definition) is 1. The number of carbonyl (C=O) groups excluding carboxylic acids is 1. The van der Waals surface area contributed by atoms with Crippen molar-refractivity contribution in [1.29, 1.82) is 0 Å². The van der Waals surface area contributed by atoms with E-state index in [1.165, 1.54) is 12.1 Å². The Balaban J connectivity index is 2.86. The van der Waals surface area contributed by atoms with Crippen molar-refractivity contribution >= 4 is 33.1 Å². The zero-order valence-electron chi connectivity index (χ0n) is 6.47. The van der Waals surface area contributed by atoms with Crippen molar-refractivity contribution < 1.29 is 9.18 Å². The van der Waals surface area contributed by atoms with Gasteiger partial charge in [-0.05, 0) is 34.1 Å². The van der Waals surface area contributed by atoms with Crippen molar-refractivity contribution in [3.63, 3.8) is 0 Å². The second kappa shape index (κ2) is 2.96. The highest BCUT2D eigenvalue weighted by atomic mass is 79.9. The third-order valence-electron chi connectivity index (χ3n) is 1.87. The van der Waals surface area contributed by atoms with Crippen molar-refractivity contribution in [3.8, 4) is 0 Å². The first kappa shape index (κ1) is 8.44. The van der Waals surface area contributed by atoms with E-state index in [0.29, 0.717) is 15.7 Å². The maximum atomic E-state index is 12.8. The highest BCUT2D eigenvalue weighted by Crippen LogP contribution is 2.25. The Bertz CT molecular complexity index is 478. The summed E-state index contributed by atoms with van der Waals surface area (Å²) in [4.78, 5) is 13.5. The summed E-state index contributed by atoms with van der Waals surface area (Å²) in [5, 5.41) is 0.725. The zero-order valence-corrected chi connectivity index (χ0v) is 8.06. The topological polar surface area (TPSA) is 32.9 Å². The third-order valence-corrected chi connectivity index (χ3v) is 2.50. The fourth-order valence-electron chi connectivity index (χ4n) is 1.27. The standard InChI is InChI=1S/C9H5BrFNO/c10-9-7(4-13)6-2-1-5(11)3-8(6)12-9/h1-4,12H. The Morgan fingerprint density at radius 2 is 2.23 bits per heavy atom. The smallest absolute Gasteiger partial charge is 0.153 e. The molecule has 0 saturated heterocycles. The highest BCUT2D eigenvalue weighted by molar-refractivity contribution is 9.10. The summed E-state index contributed by atoms with van der Waals surface area (Å²) in [6.07, 6.45) is 0.737. The highest BCUT2D eigenvalue weighted by Gasteiger charge is 2.08. The maximum absolute atomic E-state index is 12.8. The number of carbonyl (C=O) groups is 1. The molecule has 0 amide bonds. The molecule has 0 fully saturated rings. The summed E-state index contributed by atoms with van der Waals surface area (Å²) in [6.45, 7) is 0. The Kier molecular flexibility index (Phi) is 1.92. The number of rotatable bonds is 1. The summed E-state index contributed by atoms with van der Waals surface area (Å²) in [5.74, 6) is -0.321. The third kappa shape index (κ3) is 1.27. The second-order valence-corrected chi connectivity index (χ2v) is 3.45. The van der Waals surface area contributed by atoms with Crippen LogP contribution in [0.1, 0.15) is 10.4 Å². The summed E-state index contributed by atoms with van der Waals surface area (Å²) < 4.78 is 13.3. The van der Waals surface area contributed by atoms with Gasteiger partial charge in [0.15, 0.2) is 6.29 Å². The first-order valence-corrected chi connectivity index (χ1v) is 4.43. The van der Waals surface area contributed by atoms with Gasteiger partial charge in [0.1, 0.15) is 5.82 Å². The molecule has 0 saturated carbocycles. The van der Waals surface area contributed by atoms with E-state index in [-0.39, 0.29) is 5.82 Å². The predicted octanol–water partition coefficient (Wildman–Crippen LogP) is 2.88. The van der Waals surface area contributed by atoms with Crippen LogP contribution in [0.15, 0.2) is 22.8 Å². The molecule has 1 N–H and O–H groups in total. The molecule has 0 bridgehead atoms. The summed E-state index contributed by atoms with van der Waals surface area (Å²) in [6, 6.07) is 4.26. The van der Waals surface area contributed by atoms with Gasteiger partial charge in [0.2, 0.25) is 0 Å². The van der Waals surface area contributed by atoms with Crippen LogP contribution in [0.2, 0.25) is 0 Å². The van der Waals surface area contributed by atoms with Crippen LogP contribution in [0.5, 0.6) is 0 Å². The largest absolute Gasteiger partial charge is 0.349 e. The van der Waals surface area contributed by atoms with Crippen LogP contribution < -0.4 is 0 Å². The van der Waals surface area contributed by atoms with Gasteiger partial charge in [0.25, 0.3) is 0 Å². The predicted molar refractivity (Wildman–Crippen MR) is 51.3 cm³/mol. The minimum Gasteiger partial charge on any atom is -0.349 e. The molecule has 1 aromatic heterocycles. The normalized spacial score (nSPS) is 10.6. The number of aromatic amines is 1. The molecule has 0 atom stereocenters. The second-order valence-electron chi connectivity index (χ2n) is 2.66. The van der Waals surface area contributed by atoms with E-state index in [9.17, 15) is 9.18 Å². The lowest BCUT2D eigenvalue weighted by atomic mass is 10.2. The van der Waals surface area contributed by atoms with E-state index in [2.05, 4.69) is 20.9 Å². The number of halogens is 2. The molecule has 0 radical (unpaired) electrons. The van der Waals surface area contributed by atoms with Gasteiger partial charge in [-0.25, -0.2) is 4.39 Å². The van der Waals surface area contributed by atoms with Gasteiger partial charge >= 0.3 is 0 Å². The molecule has 0 aliphatic carbocycles. The molecular weight excluding hydrogens is 237 g/mol. The lowest BCUT2D eigenvalue weighted by molar-refractivity contribution is 0.112. The molecule has 0 aliphatic rings. The molecule has 1 heterocycles. The Morgan fingerprint density at radius 1 is 1.46 bits per heavy atom. The van der Waals surface area contributed by atoms with Crippen molar-refractivity contribution in [1.82, 2.24) is 4.98 Å². The van der Waals surface area contributed by atoms with E-state index < -0.39 is 0 Å². The van der Waals surface area contributed by atoms with Crippen molar-refractivity contribution in [3.05, 3.63) is 34.2 Å². The Morgan fingerprint density at radius 3 is 2.92 bits per heavy atom. The number of benzene rings is 1. The molecular formula is C9H5BrFNO. The minimum atomic E-state index is -0.321. The molecule has 13 heavy (non-hydrogen) atoms. The fraction of sp³-hybridized carbons (Fsp3) is 0.